The number of carbonyl (C=O) groups excluding carboxylic acids is 1. The quantitative estimate of drug-likeness (QED) is 0.844. The number of halogens is 1. The lowest BCUT2D eigenvalue weighted by Gasteiger charge is -2.27. The smallest absolute Gasteiger partial charge is 0.338 e. The van der Waals surface area contributed by atoms with E-state index in [4.69, 9.17) is 4.74 Å². The number of nitrogens with zero attached hydrogens (tertiary/aromatic N) is 3. The van der Waals surface area contributed by atoms with Gasteiger partial charge in [-0.25, -0.2) is 9.48 Å². The van der Waals surface area contributed by atoms with Gasteiger partial charge in [0.15, 0.2) is 0 Å². The number of anilines is 1. The third kappa shape index (κ3) is 2.33. The maximum atomic E-state index is 12.2. The molecule has 1 aliphatic heterocycles. The van der Waals surface area contributed by atoms with Crippen molar-refractivity contribution in [2.24, 2.45) is 0 Å². The second-order valence-corrected chi connectivity index (χ2v) is 5.55. The van der Waals surface area contributed by atoms with E-state index in [9.17, 15) is 4.79 Å². The Balaban J connectivity index is 2.17. The van der Waals surface area contributed by atoms with Crippen molar-refractivity contribution in [1.82, 2.24) is 14.8 Å². The van der Waals surface area contributed by atoms with E-state index in [-0.39, 0.29) is 12.0 Å². The highest BCUT2D eigenvalue weighted by atomic mass is 79.9. The van der Waals surface area contributed by atoms with Gasteiger partial charge < -0.3 is 10.1 Å². The molecule has 1 aliphatic rings. The summed E-state index contributed by atoms with van der Waals surface area (Å²) in [4.78, 5) is 16.3. The van der Waals surface area contributed by atoms with Crippen molar-refractivity contribution in [3.63, 3.8) is 0 Å². The first kappa shape index (κ1) is 13.8. The Morgan fingerprint density at radius 2 is 2.10 bits per heavy atom. The van der Waals surface area contributed by atoms with E-state index in [1.54, 1.807) is 4.68 Å². The Morgan fingerprint density at radius 1 is 1.38 bits per heavy atom. The number of carbonyl (C=O) groups is 1. The molecule has 6 nitrogen and oxygen atoms in total. The van der Waals surface area contributed by atoms with Gasteiger partial charge in [0.05, 0.1) is 12.7 Å². The highest BCUT2D eigenvalue weighted by molar-refractivity contribution is 9.10. The fraction of sp³-hybridized carbons (Fsp3) is 0.214. The minimum absolute atomic E-state index is 0.357. The summed E-state index contributed by atoms with van der Waals surface area (Å²) in [6.45, 7) is 1.83. The molecule has 1 aromatic heterocycles. The summed E-state index contributed by atoms with van der Waals surface area (Å²) >= 11 is 3.41. The molecule has 2 aromatic rings. The highest BCUT2D eigenvalue weighted by Crippen LogP contribution is 2.35. The number of aromatic nitrogens is 3. The van der Waals surface area contributed by atoms with E-state index in [1.165, 1.54) is 13.4 Å². The first-order valence-corrected chi connectivity index (χ1v) is 7.12. The maximum Gasteiger partial charge on any atom is 0.338 e. The Kier molecular flexibility index (Phi) is 3.50. The average molecular weight is 349 g/mol. The number of methoxy groups -OCH3 is 1. The Bertz CT molecular complexity index is 721. The minimum Gasteiger partial charge on any atom is -0.466 e. The van der Waals surface area contributed by atoms with E-state index >= 15 is 0 Å². The van der Waals surface area contributed by atoms with Gasteiger partial charge in [-0.05, 0) is 24.6 Å². The number of hydrogen-bond donors (Lipinski definition) is 1. The van der Waals surface area contributed by atoms with Gasteiger partial charge in [-0.1, -0.05) is 28.1 Å². The molecule has 1 aromatic carbocycles. The van der Waals surface area contributed by atoms with Crippen LogP contribution in [0.2, 0.25) is 0 Å². The predicted octanol–water partition coefficient (Wildman–Crippen LogP) is 2.50. The summed E-state index contributed by atoms with van der Waals surface area (Å²) in [5.74, 6) is 0.224. The van der Waals surface area contributed by atoms with Gasteiger partial charge in [-0.2, -0.15) is 10.1 Å². The molecule has 7 heteroatoms. The van der Waals surface area contributed by atoms with Gasteiger partial charge in [-0.15, -0.1) is 0 Å². The molecule has 1 N–H and O–H groups in total. The largest absolute Gasteiger partial charge is 0.466 e. The summed E-state index contributed by atoms with van der Waals surface area (Å²) in [5.41, 5.74) is 2.18. The lowest BCUT2D eigenvalue weighted by atomic mass is 9.96. The Hall–Kier alpha value is -2.15. The fourth-order valence-corrected chi connectivity index (χ4v) is 2.68. The number of fused-ring (bicyclic) bond motifs is 1. The molecule has 0 aliphatic carbocycles. The van der Waals surface area contributed by atoms with E-state index in [0.29, 0.717) is 11.5 Å². The zero-order valence-electron chi connectivity index (χ0n) is 11.5. The standard InChI is InChI=1S/C14H13BrN4O2/c1-8-11(13(20)21-2)12(9-3-5-10(15)6-4-9)19-14(18-8)16-7-17-19/h3-7,12H,1-2H3,(H,16,17,18). The van der Waals surface area contributed by atoms with Gasteiger partial charge in [0.2, 0.25) is 5.95 Å². The zero-order chi connectivity index (χ0) is 15.0. The molecule has 0 amide bonds. The topological polar surface area (TPSA) is 69.0 Å². The number of hydrogen-bond acceptors (Lipinski definition) is 5. The third-order valence-corrected chi connectivity index (χ3v) is 3.91. The van der Waals surface area contributed by atoms with Crippen molar-refractivity contribution < 1.29 is 9.53 Å². The van der Waals surface area contributed by atoms with Gasteiger partial charge in [0, 0.05) is 10.2 Å². The van der Waals surface area contributed by atoms with E-state index in [1.807, 2.05) is 31.2 Å². The van der Waals surface area contributed by atoms with Crippen molar-refractivity contribution in [3.05, 3.63) is 51.9 Å². The molecule has 1 atom stereocenters. The molecular formula is C14H13BrN4O2. The highest BCUT2D eigenvalue weighted by Gasteiger charge is 2.33. The monoisotopic (exact) mass is 348 g/mol. The van der Waals surface area contributed by atoms with Crippen molar-refractivity contribution in [1.29, 1.82) is 0 Å². The van der Waals surface area contributed by atoms with E-state index in [0.717, 1.165) is 15.7 Å². The molecule has 0 saturated carbocycles. The number of esters is 1. The number of ether oxygens (including phenoxy) is 1. The van der Waals surface area contributed by atoms with E-state index in [2.05, 4.69) is 31.3 Å². The molecule has 2 heterocycles. The van der Waals surface area contributed by atoms with Crippen LogP contribution in [-0.2, 0) is 9.53 Å². The third-order valence-electron chi connectivity index (χ3n) is 3.39. The molecule has 0 radical (unpaired) electrons. The number of benzene rings is 1. The second-order valence-electron chi connectivity index (χ2n) is 4.64. The van der Waals surface area contributed by atoms with Crippen LogP contribution in [0.4, 0.5) is 5.95 Å². The van der Waals surface area contributed by atoms with Gasteiger partial charge in [0.25, 0.3) is 0 Å². The first-order chi connectivity index (χ1) is 10.1. The van der Waals surface area contributed by atoms with Gasteiger partial charge >= 0.3 is 5.97 Å². The Labute approximate surface area is 130 Å². The van der Waals surface area contributed by atoms with Crippen LogP contribution in [0, 0.1) is 0 Å². The summed E-state index contributed by atoms with van der Waals surface area (Å²) in [7, 11) is 1.37. The molecular weight excluding hydrogens is 336 g/mol. The molecule has 1 unspecified atom stereocenters. The summed E-state index contributed by atoms with van der Waals surface area (Å²) in [6.07, 6.45) is 1.46. The molecule has 0 fully saturated rings. The molecule has 21 heavy (non-hydrogen) atoms. The summed E-state index contributed by atoms with van der Waals surface area (Å²) < 4.78 is 7.57. The average Bonchev–Trinajstić information content (AvgIpc) is 2.94. The number of allylic oxidation sites excluding steroid dienone is 1. The minimum atomic E-state index is -0.380. The first-order valence-electron chi connectivity index (χ1n) is 6.33. The maximum absolute atomic E-state index is 12.2. The van der Waals surface area contributed by atoms with Crippen LogP contribution in [0.15, 0.2) is 46.3 Å². The molecule has 0 saturated heterocycles. The van der Waals surface area contributed by atoms with Crippen molar-refractivity contribution in [3.8, 4) is 0 Å². The molecule has 108 valence electrons. The normalized spacial score (nSPS) is 17.2. The van der Waals surface area contributed by atoms with Crippen LogP contribution in [0.3, 0.4) is 0 Å². The summed E-state index contributed by atoms with van der Waals surface area (Å²) in [6, 6.07) is 7.39. The number of rotatable bonds is 2. The van der Waals surface area contributed by atoms with Gasteiger partial charge in [0.1, 0.15) is 12.4 Å². The van der Waals surface area contributed by atoms with Gasteiger partial charge in [-0.3, -0.25) is 0 Å². The van der Waals surface area contributed by atoms with Crippen molar-refractivity contribution in [2.75, 3.05) is 12.4 Å². The zero-order valence-corrected chi connectivity index (χ0v) is 13.1. The SMILES string of the molecule is COC(=O)C1=C(C)Nc2ncnn2C1c1ccc(Br)cc1. The fourth-order valence-electron chi connectivity index (χ4n) is 2.42. The molecule has 0 spiro atoms. The van der Waals surface area contributed by atoms with Crippen LogP contribution in [0.25, 0.3) is 0 Å². The van der Waals surface area contributed by atoms with E-state index < -0.39 is 0 Å². The van der Waals surface area contributed by atoms with Crippen LogP contribution in [-0.4, -0.2) is 27.8 Å². The Morgan fingerprint density at radius 3 is 2.76 bits per heavy atom. The van der Waals surface area contributed by atoms with Crippen LogP contribution < -0.4 is 5.32 Å². The lowest BCUT2D eigenvalue weighted by molar-refractivity contribution is -0.136. The van der Waals surface area contributed by atoms with Crippen LogP contribution in [0.5, 0.6) is 0 Å². The van der Waals surface area contributed by atoms with Crippen LogP contribution in [0.1, 0.15) is 18.5 Å². The van der Waals surface area contributed by atoms with Crippen molar-refractivity contribution in [2.45, 2.75) is 13.0 Å². The number of nitrogens with one attached hydrogen (secondary N) is 1. The molecule has 3 rings (SSSR count). The summed E-state index contributed by atoms with van der Waals surface area (Å²) in [5, 5.41) is 7.30. The van der Waals surface area contributed by atoms with Crippen molar-refractivity contribution >= 4 is 27.8 Å². The van der Waals surface area contributed by atoms with Crippen LogP contribution >= 0.6 is 15.9 Å². The molecule has 0 bridgehead atoms. The second kappa shape index (κ2) is 5.33. The lowest BCUT2D eigenvalue weighted by Crippen LogP contribution is -2.29. The predicted molar refractivity (Wildman–Crippen MR) is 80.6 cm³/mol.